The molecule has 1 N–H and O–H groups in total. The van der Waals surface area contributed by atoms with Crippen molar-refractivity contribution in [3.8, 4) is 0 Å². The van der Waals surface area contributed by atoms with Gasteiger partial charge in [0.05, 0.1) is 12.7 Å². The molecule has 0 amide bonds. The molecule has 2 rings (SSSR count). The van der Waals surface area contributed by atoms with Gasteiger partial charge < -0.3 is 14.6 Å². The standard InChI is InChI=1S/C16H24O4S/c1-2-14-16(20-14,15(17)18)9-5-3-4-6-10-19-12-13-8-7-11-21-13/h7-8,11,14H,2-6,9-10,12H2,1H3,(H,17,18). The van der Waals surface area contributed by atoms with Crippen LogP contribution in [0.2, 0.25) is 0 Å². The highest BCUT2D eigenvalue weighted by molar-refractivity contribution is 7.09. The van der Waals surface area contributed by atoms with Gasteiger partial charge in [-0.15, -0.1) is 11.3 Å². The van der Waals surface area contributed by atoms with Crippen molar-refractivity contribution in [2.24, 2.45) is 0 Å². The molecular formula is C16H24O4S. The minimum atomic E-state index is -0.871. The van der Waals surface area contributed by atoms with Crippen LogP contribution >= 0.6 is 11.3 Å². The Kier molecular flexibility index (Phi) is 6.21. The summed E-state index contributed by atoms with van der Waals surface area (Å²) in [7, 11) is 0. The minimum Gasteiger partial charge on any atom is -0.479 e. The highest BCUT2D eigenvalue weighted by Gasteiger charge is 2.61. The monoisotopic (exact) mass is 312 g/mol. The molecule has 1 saturated heterocycles. The Labute approximate surface area is 130 Å². The summed E-state index contributed by atoms with van der Waals surface area (Å²) in [6.07, 6.45) is 5.40. The zero-order valence-electron chi connectivity index (χ0n) is 12.5. The van der Waals surface area contributed by atoms with E-state index < -0.39 is 11.6 Å². The summed E-state index contributed by atoms with van der Waals surface area (Å²) in [5.74, 6) is -0.798. The van der Waals surface area contributed by atoms with Crippen LogP contribution in [0.3, 0.4) is 0 Å². The zero-order chi connectivity index (χ0) is 15.1. The third kappa shape index (κ3) is 4.53. The summed E-state index contributed by atoms with van der Waals surface area (Å²) in [6.45, 7) is 3.45. The van der Waals surface area contributed by atoms with E-state index in [4.69, 9.17) is 9.47 Å². The van der Waals surface area contributed by atoms with Gasteiger partial charge in [0.25, 0.3) is 0 Å². The highest BCUT2D eigenvalue weighted by atomic mass is 32.1. The van der Waals surface area contributed by atoms with Crippen LogP contribution in [0.4, 0.5) is 0 Å². The Morgan fingerprint density at radius 1 is 1.43 bits per heavy atom. The Bertz CT molecular complexity index is 431. The summed E-state index contributed by atoms with van der Waals surface area (Å²) < 4.78 is 11.0. The van der Waals surface area contributed by atoms with Crippen LogP contribution in [0.5, 0.6) is 0 Å². The summed E-state index contributed by atoms with van der Waals surface area (Å²) in [5, 5.41) is 11.3. The van der Waals surface area contributed by atoms with Gasteiger partial charge in [-0.3, -0.25) is 0 Å². The van der Waals surface area contributed by atoms with Crippen LogP contribution in [0.25, 0.3) is 0 Å². The van der Waals surface area contributed by atoms with Gasteiger partial charge in [0.15, 0.2) is 5.60 Å². The van der Waals surface area contributed by atoms with Gasteiger partial charge in [0.1, 0.15) is 0 Å². The van der Waals surface area contributed by atoms with Crippen molar-refractivity contribution in [3.05, 3.63) is 22.4 Å². The lowest BCUT2D eigenvalue weighted by molar-refractivity contribution is -0.143. The van der Waals surface area contributed by atoms with E-state index in [9.17, 15) is 9.90 Å². The number of carboxylic acids is 1. The van der Waals surface area contributed by atoms with Crippen LogP contribution in [-0.2, 0) is 20.9 Å². The number of thiophene rings is 1. The molecule has 2 atom stereocenters. The van der Waals surface area contributed by atoms with Gasteiger partial charge in [0.2, 0.25) is 0 Å². The van der Waals surface area contributed by atoms with Crippen LogP contribution in [0.1, 0.15) is 50.3 Å². The van der Waals surface area contributed by atoms with Crippen LogP contribution in [-0.4, -0.2) is 29.4 Å². The topological polar surface area (TPSA) is 59.1 Å². The molecule has 0 radical (unpaired) electrons. The number of unbranched alkanes of at least 4 members (excludes halogenated alkanes) is 3. The summed E-state index contributed by atoms with van der Waals surface area (Å²) in [4.78, 5) is 12.5. The molecule has 1 aromatic rings. The van der Waals surface area contributed by atoms with E-state index in [1.165, 1.54) is 4.88 Å². The molecule has 1 aliphatic heterocycles. The van der Waals surface area contributed by atoms with Crippen LogP contribution in [0, 0.1) is 0 Å². The first-order valence-electron chi connectivity index (χ1n) is 7.70. The fourth-order valence-corrected chi connectivity index (χ4v) is 3.30. The van der Waals surface area contributed by atoms with Gasteiger partial charge in [-0.05, 0) is 37.1 Å². The van der Waals surface area contributed by atoms with E-state index in [0.717, 1.165) is 38.7 Å². The zero-order valence-corrected chi connectivity index (χ0v) is 13.4. The van der Waals surface area contributed by atoms with E-state index in [1.54, 1.807) is 11.3 Å². The van der Waals surface area contributed by atoms with Crippen molar-refractivity contribution in [2.45, 2.75) is 63.8 Å². The Balaban J connectivity index is 1.48. The molecule has 1 fully saturated rings. The minimum absolute atomic E-state index is 0.0795. The lowest BCUT2D eigenvalue weighted by atomic mass is 9.96. The Morgan fingerprint density at radius 2 is 2.24 bits per heavy atom. The summed E-state index contributed by atoms with van der Waals surface area (Å²) in [5.41, 5.74) is -0.871. The van der Waals surface area contributed by atoms with Crippen molar-refractivity contribution < 1.29 is 19.4 Å². The number of rotatable bonds is 11. The molecular weight excluding hydrogens is 288 g/mol. The van der Waals surface area contributed by atoms with Crippen molar-refractivity contribution >= 4 is 17.3 Å². The molecule has 2 heterocycles. The quantitative estimate of drug-likeness (QED) is 0.498. The fraction of sp³-hybridized carbons (Fsp3) is 0.688. The van der Waals surface area contributed by atoms with E-state index in [-0.39, 0.29) is 6.10 Å². The first-order chi connectivity index (χ1) is 10.2. The molecule has 5 heteroatoms. The van der Waals surface area contributed by atoms with E-state index in [0.29, 0.717) is 13.0 Å². The lowest BCUT2D eigenvalue weighted by Gasteiger charge is -2.07. The Morgan fingerprint density at radius 3 is 2.86 bits per heavy atom. The normalized spacial score (nSPS) is 24.1. The average Bonchev–Trinajstić information content (AvgIpc) is 2.96. The molecule has 0 spiro atoms. The number of carboxylic acid groups (broad SMARTS) is 1. The van der Waals surface area contributed by atoms with Gasteiger partial charge >= 0.3 is 5.97 Å². The molecule has 1 aromatic heterocycles. The van der Waals surface area contributed by atoms with Crippen LogP contribution in [0.15, 0.2) is 17.5 Å². The van der Waals surface area contributed by atoms with Crippen molar-refractivity contribution in [2.75, 3.05) is 6.61 Å². The Hall–Kier alpha value is -0.910. The maximum absolute atomic E-state index is 11.2. The number of hydrogen-bond donors (Lipinski definition) is 1. The van der Waals surface area contributed by atoms with Gasteiger partial charge in [-0.1, -0.05) is 25.8 Å². The third-order valence-electron chi connectivity index (χ3n) is 3.96. The largest absolute Gasteiger partial charge is 0.479 e. The van der Waals surface area contributed by atoms with E-state index in [1.807, 2.05) is 13.0 Å². The molecule has 21 heavy (non-hydrogen) atoms. The number of ether oxygens (including phenoxy) is 2. The third-order valence-corrected chi connectivity index (χ3v) is 4.81. The van der Waals surface area contributed by atoms with E-state index >= 15 is 0 Å². The number of epoxide rings is 1. The molecule has 118 valence electrons. The van der Waals surface area contributed by atoms with Crippen molar-refractivity contribution in [1.82, 2.24) is 0 Å². The maximum Gasteiger partial charge on any atom is 0.338 e. The predicted molar refractivity (Wildman–Crippen MR) is 82.6 cm³/mol. The fourth-order valence-electron chi connectivity index (χ4n) is 2.66. The maximum atomic E-state index is 11.2. The number of carbonyl (C=O) groups is 1. The summed E-state index contributed by atoms with van der Waals surface area (Å²) >= 11 is 1.71. The van der Waals surface area contributed by atoms with Gasteiger partial charge in [-0.25, -0.2) is 4.79 Å². The predicted octanol–water partition coefficient (Wildman–Crippen LogP) is 3.85. The highest BCUT2D eigenvalue weighted by Crippen LogP contribution is 2.43. The second kappa shape index (κ2) is 7.92. The van der Waals surface area contributed by atoms with Crippen molar-refractivity contribution in [1.29, 1.82) is 0 Å². The SMILES string of the molecule is CCC1OC1(CCCCCCOCc1cccs1)C(=O)O. The molecule has 4 nitrogen and oxygen atoms in total. The second-order valence-electron chi connectivity index (χ2n) is 5.51. The molecule has 0 aromatic carbocycles. The summed E-state index contributed by atoms with van der Waals surface area (Å²) in [6, 6.07) is 4.11. The molecule has 0 saturated carbocycles. The smallest absolute Gasteiger partial charge is 0.338 e. The first kappa shape index (κ1) is 16.5. The van der Waals surface area contributed by atoms with Gasteiger partial charge in [-0.2, -0.15) is 0 Å². The molecule has 1 aliphatic rings. The molecule has 2 unspecified atom stereocenters. The van der Waals surface area contributed by atoms with Crippen molar-refractivity contribution in [3.63, 3.8) is 0 Å². The van der Waals surface area contributed by atoms with Crippen LogP contribution < -0.4 is 0 Å². The lowest BCUT2D eigenvalue weighted by Crippen LogP contribution is -2.26. The molecule has 0 bridgehead atoms. The average molecular weight is 312 g/mol. The molecule has 0 aliphatic carbocycles. The van der Waals surface area contributed by atoms with Gasteiger partial charge in [0, 0.05) is 11.5 Å². The second-order valence-corrected chi connectivity index (χ2v) is 6.54. The first-order valence-corrected chi connectivity index (χ1v) is 8.58. The van der Waals surface area contributed by atoms with E-state index in [2.05, 4.69) is 11.4 Å². The number of hydrogen-bond acceptors (Lipinski definition) is 4. The number of aliphatic carboxylic acids is 1.